The molecule has 1 fully saturated rings. The number of hydrogen-bond donors (Lipinski definition) is 1. The van der Waals surface area contributed by atoms with Gasteiger partial charge in [0.2, 0.25) is 0 Å². The molecule has 3 heterocycles. The van der Waals surface area contributed by atoms with Gasteiger partial charge in [-0.1, -0.05) is 11.2 Å². The van der Waals surface area contributed by atoms with Crippen LogP contribution < -0.4 is 5.32 Å². The average Bonchev–Trinajstić information content (AvgIpc) is 3.05. The third-order valence-corrected chi connectivity index (χ3v) is 3.96. The van der Waals surface area contributed by atoms with Gasteiger partial charge in [-0.05, 0) is 37.8 Å². The van der Waals surface area contributed by atoms with Crippen molar-refractivity contribution in [3.63, 3.8) is 0 Å². The predicted octanol–water partition coefficient (Wildman–Crippen LogP) is 2.12. The number of pyridine rings is 1. The minimum atomic E-state index is 0.0134. The highest BCUT2D eigenvalue weighted by molar-refractivity contribution is 5.74. The molecule has 2 amide bonds. The Morgan fingerprint density at radius 3 is 3.17 bits per heavy atom. The number of carbonyl (C=O) groups is 1. The van der Waals surface area contributed by atoms with E-state index in [0.29, 0.717) is 36.3 Å². The molecule has 1 aliphatic heterocycles. The number of likely N-dealkylation sites (tertiary alicyclic amines) is 1. The lowest BCUT2D eigenvalue weighted by Gasteiger charge is -2.32. The lowest BCUT2D eigenvalue weighted by molar-refractivity contribution is 0.165. The first-order chi connectivity index (χ1) is 11.3. The van der Waals surface area contributed by atoms with Crippen LogP contribution in [0.2, 0.25) is 0 Å². The van der Waals surface area contributed by atoms with E-state index in [1.165, 1.54) is 0 Å². The van der Waals surface area contributed by atoms with Gasteiger partial charge in [0.05, 0.1) is 0 Å². The Balaban J connectivity index is 1.61. The molecule has 0 spiro atoms. The van der Waals surface area contributed by atoms with Gasteiger partial charge >= 0.3 is 6.03 Å². The molecule has 1 unspecified atom stereocenters. The van der Waals surface area contributed by atoms with E-state index in [1.807, 2.05) is 30.0 Å². The lowest BCUT2D eigenvalue weighted by Crippen LogP contribution is -2.45. The van der Waals surface area contributed by atoms with Crippen LogP contribution in [-0.2, 0) is 6.42 Å². The molecule has 1 saturated heterocycles. The van der Waals surface area contributed by atoms with E-state index >= 15 is 0 Å². The molecule has 23 heavy (non-hydrogen) atoms. The van der Waals surface area contributed by atoms with Crippen molar-refractivity contribution in [3.05, 3.63) is 30.2 Å². The first kappa shape index (κ1) is 15.5. The second-order valence-electron chi connectivity index (χ2n) is 5.72. The molecular formula is C16H21N5O2. The van der Waals surface area contributed by atoms with Crippen molar-refractivity contribution >= 4 is 6.03 Å². The summed E-state index contributed by atoms with van der Waals surface area (Å²) in [5.74, 6) is 1.48. The summed E-state index contributed by atoms with van der Waals surface area (Å²) < 4.78 is 5.29. The molecule has 0 radical (unpaired) electrons. The van der Waals surface area contributed by atoms with Crippen LogP contribution in [-0.4, -0.2) is 45.7 Å². The number of nitrogens with one attached hydrogen (secondary N) is 1. The third-order valence-electron chi connectivity index (χ3n) is 3.96. The largest absolute Gasteiger partial charge is 0.338 e. The second kappa shape index (κ2) is 7.21. The molecule has 7 heteroatoms. The molecule has 0 bridgehead atoms. The number of hydrogen-bond acceptors (Lipinski definition) is 5. The van der Waals surface area contributed by atoms with Gasteiger partial charge in [-0.3, -0.25) is 4.98 Å². The Morgan fingerprint density at radius 1 is 1.48 bits per heavy atom. The molecule has 3 rings (SSSR count). The molecular weight excluding hydrogens is 294 g/mol. The Bertz CT molecular complexity index is 643. The monoisotopic (exact) mass is 315 g/mol. The summed E-state index contributed by atoms with van der Waals surface area (Å²) in [6.07, 6.45) is 4.49. The zero-order valence-corrected chi connectivity index (χ0v) is 13.2. The Labute approximate surface area is 135 Å². The van der Waals surface area contributed by atoms with Crippen molar-refractivity contribution in [2.24, 2.45) is 5.92 Å². The van der Waals surface area contributed by atoms with Crippen molar-refractivity contribution in [1.29, 1.82) is 0 Å². The Kier molecular flexibility index (Phi) is 4.85. The Hall–Kier alpha value is -2.44. The van der Waals surface area contributed by atoms with Crippen LogP contribution in [0.15, 0.2) is 28.9 Å². The zero-order chi connectivity index (χ0) is 16.1. The summed E-state index contributed by atoms with van der Waals surface area (Å²) in [7, 11) is 0. The van der Waals surface area contributed by atoms with Crippen LogP contribution >= 0.6 is 0 Å². The van der Waals surface area contributed by atoms with Crippen LogP contribution in [0.3, 0.4) is 0 Å². The minimum Gasteiger partial charge on any atom is -0.338 e. The molecule has 2 aromatic heterocycles. The number of aromatic nitrogens is 3. The summed E-state index contributed by atoms with van der Waals surface area (Å²) in [6, 6.07) is 5.59. The van der Waals surface area contributed by atoms with Gasteiger partial charge in [-0.15, -0.1) is 0 Å². The summed E-state index contributed by atoms with van der Waals surface area (Å²) >= 11 is 0. The van der Waals surface area contributed by atoms with Gasteiger partial charge in [-0.25, -0.2) is 4.79 Å². The molecule has 1 N–H and O–H groups in total. The molecule has 0 aliphatic carbocycles. The van der Waals surface area contributed by atoms with Crippen molar-refractivity contribution < 1.29 is 9.32 Å². The highest BCUT2D eigenvalue weighted by Crippen LogP contribution is 2.21. The van der Waals surface area contributed by atoms with E-state index in [0.717, 1.165) is 25.9 Å². The fraction of sp³-hybridized carbons (Fsp3) is 0.500. The van der Waals surface area contributed by atoms with Gasteiger partial charge < -0.3 is 14.7 Å². The van der Waals surface area contributed by atoms with Crippen molar-refractivity contribution in [1.82, 2.24) is 25.3 Å². The number of amides is 2. The summed E-state index contributed by atoms with van der Waals surface area (Å²) in [5, 5.41) is 6.90. The highest BCUT2D eigenvalue weighted by Gasteiger charge is 2.25. The molecule has 7 nitrogen and oxygen atoms in total. The number of urea groups is 1. The fourth-order valence-corrected chi connectivity index (χ4v) is 2.87. The normalized spacial score (nSPS) is 18.0. The van der Waals surface area contributed by atoms with Crippen molar-refractivity contribution in [2.45, 2.75) is 26.2 Å². The van der Waals surface area contributed by atoms with Gasteiger partial charge in [0.15, 0.2) is 5.82 Å². The predicted molar refractivity (Wildman–Crippen MR) is 84.6 cm³/mol. The van der Waals surface area contributed by atoms with E-state index in [4.69, 9.17) is 4.52 Å². The summed E-state index contributed by atoms with van der Waals surface area (Å²) in [4.78, 5) is 22.4. The Morgan fingerprint density at radius 2 is 2.39 bits per heavy atom. The molecule has 0 aromatic carbocycles. The van der Waals surface area contributed by atoms with Crippen LogP contribution in [0.5, 0.6) is 0 Å². The molecule has 2 aromatic rings. The van der Waals surface area contributed by atoms with Gasteiger partial charge in [0.1, 0.15) is 5.69 Å². The molecule has 0 saturated carbocycles. The van der Waals surface area contributed by atoms with E-state index in [-0.39, 0.29) is 6.03 Å². The van der Waals surface area contributed by atoms with E-state index in [2.05, 4.69) is 20.4 Å². The summed E-state index contributed by atoms with van der Waals surface area (Å²) in [5.41, 5.74) is 0.679. The van der Waals surface area contributed by atoms with Crippen molar-refractivity contribution in [3.8, 4) is 11.6 Å². The first-order valence-electron chi connectivity index (χ1n) is 8.03. The standard InChI is InChI=1S/C16H21N5O2/c1-2-17-16(22)21-9-5-6-12(11-21)10-14-19-15(23-20-14)13-7-3-4-8-18-13/h3-4,7-8,12H,2,5-6,9-11H2,1H3,(H,17,22). The quantitative estimate of drug-likeness (QED) is 0.934. The van der Waals surface area contributed by atoms with E-state index < -0.39 is 0 Å². The zero-order valence-electron chi connectivity index (χ0n) is 13.2. The maximum Gasteiger partial charge on any atom is 0.317 e. The van der Waals surface area contributed by atoms with Crippen LogP contribution in [0.1, 0.15) is 25.6 Å². The van der Waals surface area contributed by atoms with Crippen molar-refractivity contribution in [2.75, 3.05) is 19.6 Å². The van der Waals surface area contributed by atoms with E-state index in [9.17, 15) is 4.79 Å². The van der Waals surface area contributed by atoms with Gasteiger partial charge in [-0.2, -0.15) is 4.98 Å². The fourth-order valence-electron chi connectivity index (χ4n) is 2.87. The maximum absolute atomic E-state index is 11.9. The third kappa shape index (κ3) is 3.85. The molecule has 1 aliphatic rings. The summed E-state index contributed by atoms with van der Waals surface area (Å²) in [6.45, 7) is 4.13. The lowest BCUT2D eigenvalue weighted by atomic mass is 9.95. The number of nitrogens with zero attached hydrogens (tertiary/aromatic N) is 4. The average molecular weight is 315 g/mol. The molecule has 1 atom stereocenters. The highest BCUT2D eigenvalue weighted by atomic mass is 16.5. The minimum absolute atomic E-state index is 0.0134. The van der Waals surface area contributed by atoms with Gasteiger partial charge in [0.25, 0.3) is 5.89 Å². The smallest absolute Gasteiger partial charge is 0.317 e. The maximum atomic E-state index is 11.9. The van der Waals surface area contributed by atoms with E-state index in [1.54, 1.807) is 6.20 Å². The SMILES string of the molecule is CCNC(=O)N1CCCC(Cc2noc(-c3ccccn3)n2)C1. The number of carbonyl (C=O) groups excluding carboxylic acids is 1. The second-order valence-corrected chi connectivity index (χ2v) is 5.72. The number of piperidine rings is 1. The van der Waals surface area contributed by atoms with Crippen LogP contribution in [0.4, 0.5) is 4.79 Å². The van der Waals surface area contributed by atoms with Crippen LogP contribution in [0.25, 0.3) is 11.6 Å². The molecule has 122 valence electrons. The number of rotatable bonds is 4. The first-order valence-corrected chi connectivity index (χ1v) is 8.03. The topological polar surface area (TPSA) is 84.2 Å². The van der Waals surface area contributed by atoms with Gasteiger partial charge in [0, 0.05) is 32.3 Å². The van der Waals surface area contributed by atoms with Crippen LogP contribution in [0, 0.1) is 5.92 Å².